The van der Waals surface area contributed by atoms with Crippen molar-refractivity contribution >= 4 is 11.8 Å². The molecule has 0 atom stereocenters. The molecule has 84 valence electrons. The van der Waals surface area contributed by atoms with Gasteiger partial charge in [0.25, 0.3) is 5.78 Å². The zero-order valence-corrected chi connectivity index (χ0v) is 8.98. The molecule has 0 spiro atoms. The number of esters is 1. The molecule has 0 radical (unpaired) electrons. The van der Waals surface area contributed by atoms with Gasteiger partial charge in [0, 0.05) is 13.0 Å². The highest BCUT2D eigenvalue weighted by Crippen LogP contribution is 2.09. The first-order chi connectivity index (χ1) is 7.61. The fourth-order valence-electron chi connectivity index (χ4n) is 1.26. The van der Waals surface area contributed by atoms with Gasteiger partial charge in [0.1, 0.15) is 11.8 Å². The van der Waals surface area contributed by atoms with Crippen LogP contribution in [0.1, 0.15) is 27.9 Å². The molecule has 0 aliphatic heterocycles. The first-order valence-corrected chi connectivity index (χ1v) is 4.64. The van der Waals surface area contributed by atoms with Gasteiger partial charge in [0.05, 0.1) is 12.3 Å². The standard InChI is InChI=1S/C11H11NO4/c1-3-16-11(15)9-5-4-8(12(9)2)10(14)6-7-13/h4-5,13H,3H2,1-2H3. The summed E-state index contributed by atoms with van der Waals surface area (Å²) >= 11 is 0. The van der Waals surface area contributed by atoms with Gasteiger partial charge in [-0.25, -0.2) is 4.79 Å². The highest BCUT2D eigenvalue weighted by Gasteiger charge is 2.16. The molecule has 1 rings (SSSR count). The van der Waals surface area contributed by atoms with E-state index in [1.165, 1.54) is 22.8 Å². The maximum absolute atomic E-state index is 11.4. The van der Waals surface area contributed by atoms with E-state index in [1.54, 1.807) is 14.0 Å². The topological polar surface area (TPSA) is 68.5 Å². The van der Waals surface area contributed by atoms with Crippen molar-refractivity contribution < 1.29 is 19.4 Å². The van der Waals surface area contributed by atoms with Crippen LogP contribution in [0.2, 0.25) is 0 Å². The van der Waals surface area contributed by atoms with Crippen molar-refractivity contribution in [3.05, 3.63) is 23.5 Å². The van der Waals surface area contributed by atoms with Crippen LogP contribution in [0.15, 0.2) is 12.1 Å². The number of nitrogens with zero attached hydrogens (tertiary/aromatic N) is 1. The number of aliphatic hydroxyl groups is 1. The third-order valence-electron chi connectivity index (χ3n) is 2.01. The highest BCUT2D eigenvalue weighted by molar-refractivity contribution is 6.08. The van der Waals surface area contributed by atoms with E-state index in [9.17, 15) is 9.59 Å². The lowest BCUT2D eigenvalue weighted by Crippen LogP contribution is -2.13. The van der Waals surface area contributed by atoms with Gasteiger partial charge in [-0.3, -0.25) is 4.79 Å². The third-order valence-corrected chi connectivity index (χ3v) is 2.01. The molecular weight excluding hydrogens is 210 g/mol. The van der Waals surface area contributed by atoms with Crippen molar-refractivity contribution in [1.82, 2.24) is 4.57 Å². The second-order valence-corrected chi connectivity index (χ2v) is 2.95. The van der Waals surface area contributed by atoms with Crippen molar-refractivity contribution in [2.45, 2.75) is 6.92 Å². The molecule has 0 unspecified atom stereocenters. The fraction of sp³-hybridized carbons (Fsp3) is 0.273. The maximum Gasteiger partial charge on any atom is 0.354 e. The van der Waals surface area contributed by atoms with Crippen LogP contribution in [0.25, 0.3) is 0 Å². The Bertz CT molecular complexity index is 476. The van der Waals surface area contributed by atoms with Crippen molar-refractivity contribution in [2.24, 2.45) is 7.05 Å². The van der Waals surface area contributed by atoms with Gasteiger partial charge in [-0.1, -0.05) is 0 Å². The molecule has 5 nitrogen and oxygen atoms in total. The minimum Gasteiger partial charge on any atom is -0.462 e. The summed E-state index contributed by atoms with van der Waals surface area (Å²) in [6, 6.07) is 2.93. The molecular formula is C11H11NO4. The van der Waals surface area contributed by atoms with Crippen molar-refractivity contribution in [3.8, 4) is 12.0 Å². The summed E-state index contributed by atoms with van der Waals surface area (Å²) in [5.41, 5.74) is 0.495. The summed E-state index contributed by atoms with van der Waals surface area (Å²) in [5, 5.41) is 8.31. The summed E-state index contributed by atoms with van der Waals surface area (Å²) in [5.74, 6) is 0.926. The smallest absolute Gasteiger partial charge is 0.354 e. The number of hydrogen-bond donors (Lipinski definition) is 1. The third kappa shape index (κ3) is 2.23. The first kappa shape index (κ1) is 11.9. The largest absolute Gasteiger partial charge is 0.462 e. The van der Waals surface area contributed by atoms with Gasteiger partial charge in [0.2, 0.25) is 0 Å². The van der Waals surface area contributed by atoms with Crippen LogP contribution >= 0.6 is 0 Å². The summed E-state index contributed by atoms with van der Waals surface area (Å²) in [7, 11) is 1.55. The zero-order valence-electron chi connectivity index (χ0n) is 8.98. The second kappa shape index (κ2) is 5.03. The van der Waals surface area contributed by atoms with E-state index < -0.39 is 11.8 Å². The predicted molar refractivity (Wildman–Crippen MR) is 55.4 cm³/mol. The maximum atomic E-state index is 11.4. The van der Waals surface area contributed by atoms with E-state index in [2.05, 4.69) is 0 Å². The molecule has 5 heteroatoms. The molecule has 1 heterocycles. The molecule has 1 aromatic heterocycles. The number of rotatable bonds is 3. The molecule has 16 heavy (non-hydrogen) atoms. The Kier molecular flexibility index (Phi) is 3.72. The summed E-state index contributed by atoms with van der Waals surface area (Å²) in [6.45, 7) is 1.97. The van der Waals surface area contributed by atoms with Crippen LogP contribution in [-0.2, 0) is 11.8 Å². The molecule has 0 saturated heterocycles. The molecule has 0 amide bonds. The van der Waals surface area contributed by atoms with E-state index in [4.69, 9.17) is 9.84 Å². The van der Waals surface area contributed by atoms with Crippen LogP contribution in [0.5, 0.6) is 0 Å². The Morgan fingerprint density at radius 1 is 1.44 bits per heavy atom. The zero-order chi connectivity index (χ0) is 12.1. The van der Waals surface area contributed by atoms with E-state index in [0.29, 0.717) is 0 Å². The average Bonchev–Trinajstić information content (AvgIpc) is 2.61. The van der Waals surface area contributed by atoms with Crippen LogP contribution < -0.4 is 0 Å². The Balaban J connectivity index is 3.04. The Hall–Kier alpha value is -2.22. The van der Waals surface area contributed by atoms with E-state index >= 15 is 0 Å². The second-order valence-electron chi connectivity index (χ2n) is 2.95. The van der Waals surface area contributed by atoms with Crippen LogP contribution in [-0.4, -0.2) is 28.0 Å². The Morgan fingerprint density at radius 2 is 2.06 bits per heavy atom. The number of aliphatic hydroxyl groups excluding tert-OH is 1. The van der Waals surface area contributed by atoms with E-state index in [1.807, 2.05) is 5.92 Å². The van der Waals surface area contributed by atoms with Gasteiger partial charge < -0.3 is 14.4 Å². The van der Waals surface area contributed by atoms with Crippen molar-refractivity contribution in [3.63, 3.8) is 0 Å². The summed E-state index contributed by atoms with van der Waals surface area (Å²) in [6.07, 6.45) is 1.53. The molecule has 0 fully saturated rings. The number of hydrogen-bond acceptors (Lipinski definition) is 4. The summed E-state index contributed by atoms with van der Waals surface area (Å²) < 4.78 is 6.18. The lowest BCUT2D eigenvalue weighted by atomic mass is 10.3. The fourth-order valence-corrected chi connectivity index (χ4v) is 1.26. The summed E-state index contributed by atoms with van der Waals surface area (Å²) in [4.78, 5) is 22.8. The molecule has 0 saturated carbocycles. The quantitative estimate of drug-likeness (QED) is 0.464. The number of aromatic nitrogens is 1. The van der Waals surface area contributed by atoms with Crippen LogP contribution in [0, 0.1) is 12.0 Å². The molecule has 1 aromatic rings. The number of carbonyl (C=O) groups excluding carboxylic acids is 2. The van der Waals surface area contributed by atoms with Crippen molar-refractivity contribution in [2.75, 3.05) is 6.61 Å². The first-order valence-electron chi connectivity index (χ1n) is 4.64. The van der Waals surface area contributed by atoms with Gasteiger partial charge in [-0.05, 0) is 19.1 Å². The molecule has 0 aliphatic carbocycles. The minimum absolute atomic E-state index is 0.226. The number of carbonyl (C=O) groups is 2. The van der Waals surface area contributed by atoms with Gasteiger partial charge in [-0.15, -0.1) is 0 Å². The van der Waals surface area contributed by atoms with E-state index in [0.717, 1.165) is 0 Å². The van der Waals surface area contributed by atoms with Gasteiger partial charge in [0.15, 0.2) is 0 Å². The Labute approximate surface area is 92.6 Å². The Morgan fingerprint density at radius 3 is 2.62 bits per heavy atom. The monoisotopic (exact) mass is 221 g/mol. The highest BCUT2D eigenvalue weighted by atomic mass is 16.5. The van der Waals surface area contributed by atoms with Crippen molar-refractivity contribution in [1.29, 1.82) is 0 Å². The van der Waals surface area contributed by atoms with Gasteiger partial charge >= 0.3 is 5.97 Å². The van der Waals surface area contributed by atoms with Crippen LogP contribution in [0.3, 0.4) is 0 Å². The number of ether oxygens (including phenoxy) is 1. The lowest BCUT2D eigenvalue weighted by molar-refractivity contribution is 0.0515. The molecule has 1 N–H and O–H groups in total. The number of ketones is 1. The van der Waals surface area contributed by atoms with Crippen LogP contribution in [0.4, 0.5) is 0 Å². The molecule has 0 bridgehead atoms. The van der Waals surface area contributed by atoms with Gasteiger partial charge in [-0.2, -0.15) is 0 Å². The number of Topliss-reactive ketones (excluding diaryl/α,β-unsaturated/α-hetero) is 1. The van der Waals surface area contributed by atoms with E-state index in [-0.39, 0.29) is 18.0 Å². The lowest BCUT2D eigenvalue weighted by Gasteiger charge is -2.04. The molecule has 0 aromatic carbocycles. The predicted octanol–water partition coefficient (Wildman–Crippen LogP) is 0.718. The minimum atomic E-state index is -0.555. The molecule has 0 aliphatic rings. The average molecular weight is 221 g/mol. The normalized spacial score (nSPS) is 9.12. The SMILES string of the molecule is CCOC(=O)c1ccc(C(=O)C#CO)n1C.